The lowest BCUT2D eigenvalue weighted by Crippen LogP contribution is -2.46. The smallest absolute Gasteiger partial charge is 0.239 e. The predicted octanol–water partition coefficient (Wildman–Crippen LogP) is 2.08. The average Bonchev–Trinajstić information content (AvgIpc) is 2.47. The van der Waals surface area contributed by atoms with Gasteiger partial charge in [0.15, 0.2) is 0 Å². The fourth-order valence-electron chi connectivity index (χ4n) is 1.65. The van der Waals surface area contributed by atoms with Crippen LogP contribution in [0.1, 0.15) is 13.8 Å². The summed E-state index contributed by atoms with van der Waals surface area (Å²) in [5, 5.41) is 5.78. The van der Waals surface area contributed by atoms with Gasteiger partial charge in [-0.05, 0) is 32.0 Å². The van der Waals surface area contributed by atoms with E-state index in [4.69, 9.17) is 21.1 Å². The molecule has 0 spiro atoms. The summed E-state index contributed by atoms with van der Waals surface area (Å²) in [7, 11) is 3.02. The van der Waals surface area contributed by atoms with Crippen LogP contribution in [0.5, 0.6) is 5.75 Å². The van der Waals surface area contributed by atoms with Crippen molar-refractivity contribution in [3.05, 3.63) is 23.2 Å². The Hall–Kier alpha value is -1.79. The number of hydrogen-bond donors (Lipinski definition) is 2. The van der Waals surface area contributed by atoms with E-state index in [1.165, 1.54) is 14.2 Å². The van der Waals surface area contributed by atoms with Crippen LogP contribution in [0, 0.1) is 5.41 Å². The molecule has 0 fully saturated rings. The number of nitrogens with one attached hydrogen (secondary N) is 2. The van der Waals surface area contributed by atoms with Gasteiger partial charge in [0.2, 0.25) is 11.8 Å². The molecule has 1 aromatic rings. The molecule has 0 atom stereocenters. The highest BCUT2D eigenvalue weighted by atomic mass is 35.5. The fraction of sp³-hybridized carbons (Fsp3) is 0.467. The molecule has 1 aromatic carbocycles. The molecule has 22 heavy (non-hydrogen) atoms. The molecular formula is C15H21ClN2O4. The maximum Gasteiger partial charge on any atom is 0.239 e. The number of rotatable bonds is 7. The largest absolute Gasteiger partial charge is 0.495 e. The first kappa shape index (κ1) is 18.3. The molecule has 1 rings (SSSR count). The van der Waals surface area contributed by atoms with E-state index in [9.17, 15) is 9.59 Å². The Kier molecular flexibility index (Phi) is 6.64. The average molecular weight is 329 g/mol. The van der Waals surface area contributed by atoms with Crippen molar-refractivity contribution in [1.29, 1.82) is 0 Å². The first-order valence-electron chi connectivity index (χ1n) is 6.75. The number of halogens is 1. The van der Waals surface area contributed by atoms with E-state index in [0.717, 1.165) is 0 Å². The van der Waals surface area contributed by atoms with Crippen molar-refractivity contribution in [2.75, 3.05) is 32.7 Å². The van der Waals surface area contributed by atoms with Crippen LogP contribution in [-0.2, 0) is 14.3 Å². The monoisotopic (exact) mass is 328 g/mol. The summed E-state index contributed by atoms with van der Waals surface area (Å²) in [6.45, 7) is 3.81. The molecule has 0 heterocycles. The number of benzene rings is 1. The number of amides is 2. The normalized spacial score (nSPS) is 11.0. The number of hydrogen-bond acceptors (Lipinski definition) is 4. The van der Waals surface area contributed by atoms with Crippen molar-refractivity contribution in [2.24, 2.45) is 5.41 Å². The van der Waals surface area contributed by atoms with E-state index in [-0.39, 0.29) is 5.91 Å². The van der Waals surface area contributed by atoms with Crippen LogP contribution in [0.4, 0.5) is 5.69 Å². The van der Waals surface area contributed by atoms with Crippen molar-refractivity contribution in [1.82, 2.24) is 5.32 Å². The number of carbonyl (C=O) groups is 2. The Morgan fingerprint density at radius 3 is 2.50 bits per heavy atom. The molecule has 0 saturated heterocycles. The predicted molar refractivity (Wildman–Crippen MR) is 85.3 cm³/mol. The van der Waals surface area contributed by atoms with Gasteiger partial charge in [0, 0.05) is 18.7 Å². The van der Waals surface area contributed by atoms with Crippen molar-refractivity contribution in [3.8, 4) is 5.75 Å². The van der Waals surface area contributed by atoms with Gasteiger partial charge in [0.05, 0.1) is 19.4 Å². The fourth-order valence-corrected chi connectivity index (χ4v) is 1.82. The summed E-state index contributed by atoms with van der Waals surface area (Å²) in [6.07, 6.45) is 0. The highest BCUT2D eigenvalue weighted by molar-refractivity contribution is 6.31. The SMILES string of the molecule is COCCNC(=O)C(C)(C)C(=O)Nc1cc(Cl)ccc1OC. The Morgan fingerprint density at radius 1 is 1.23 bits per heavy atom. The van der Waals surface area contributed by atoms with Gasteiger partial charge in [-0.15, -0.1) is 0 Å². The van der Waals surface area contributed by atoms with Gasteiger partial charge in [0.25, 0.3) is 0 Å². The zero-order chi connectivity index (χ0) is 16.8. The van der Waals surface area contributed by atoms with Crippen LogP contribution in [-0.4, -0.2) is 39.2 Å². The highest BCUT2D eigenvalue weighted by Crippen LogP contribution is 2.29. The second kappa shape index (κ2) is 8.00. The van der Waals surface area contributed by atoms with Crippen LogP contribution in [0.15, 0.2) is 18.2 Å². The molecule has 0 aliphatic rings. The lowest BCUT2D eigenvalue weighted by Gasteiger charge is -2.23. The number of anilines is 1. The van der Waals surface area contributed by atoms with Crippen molar-refractivity contribution < 1.29 is 19.1 Å². The summed E-state index contributed by atoms with van der Waals surface area (Å²) in [4.78, 5) is 24.5. The zero-order valence-corrected chi connectivity index (χ0v) is 13.9. The molecule has 2 amide bonds. The topological polar surface area (TPSA) is 76.7 Å². The molecule has 0 bridgehead atoms. The molecule has 7 heteroatoms. The van der Waals surface area contributed by atoms with E-state index < -0.39 is 11.3 Å². The van der Waals surface area contributed by atoms with Gasteiger partial charge >= 0.3 is 0 Å². The molecule has 2 N–H and O–H groups in total. The minimum atomic E-state index is -1.25. The van der Waals surface area contributed by atoms with Gasteiger partial charge in [-0.3, -0.25) is 9.59 Å². The first-order valence-corrected chi connectivity index (χ1v) is 7.13. The summed E-state index contributed by atoms with van der Waals surface area (Å²) < 4.78 is 10.0. The van der Waals surface area contributed by atoms with E-state index in [1.807, 2.05) is 0 Å². The van der Waals surface area contributed by atoms with Crippen LogP contribution in [0.3, 0.4) is 0 Å². The van der Waals surface area contributed by atoms with Gasteiger partial charge < -0.3 is 20.1 Å². The molecule has 122 valence electrons. The maximum atomic E-state index is 12.4. The van der Waals surface area contributed by atoms with Gasteiger partial charge in [-0.1, -0.05) is 11.6 Å². The lowest BCUT2D eigenvalue weighted by molar-refractivity contribution is -0.138. The number of methoxy groups -OCH3 is 2. The van der Waals surface area contributed by atoms with E-state index in [1.54, 1.807) is 32.0 Å². The van der Waals surface area contributed by atoms with Gasteiger partial charge in [0.1, 0.15) is 11.2 Å². The molecule has 6 nitrogen and oxygen atoms in total. The molecule has 0 saturated carbocycles. The molecule has 0 aromatic heterocycles. The van der Waals surface area contributed by atoms with Crippen LogP contribution >= 0.6 is 11.6 Å². The van der Waals surface area contributed by atoms with Crippen LogP contribution in [0.2, 0.25) is 5.02 Å². The Bertz CT molecular complexity index is 546. The van der Waals surface area contributed by atoms with Crippen LogP contribution in [0.25, 0.3) is 0 Å². The Labute approximate surface area is 135 Å². The van der Waals surface area contributed by atoms with E-state index >= 15 is 0 Å². The number of ether oxygens (including phenoxy) is 2. The molecule has 0 aliphatic carbocycles. The zero-order valence-electron chi connectivity index (χ0n) is 13.2. The minimum absolute atomic E-state index is 0.340. The van der Waals surface area contributed by atoms with Crippen molar-refractivity contribution >= 4 is 29.1 Å². The third-order valence-electron chi connectivity index (χ3n) is 3.14. The third-order valence-corrected chi connectivity index (χ3v) is 3.37. The first-order chi connectivity index (χ1) is 10.3. The molecule has 0 aliphatic heterocycles. The second-order valence-electron chi connectivity index (χ2n) is 5.17. The molecule has 0 unspecified atom stereocenters. The molecule has 0 radical (unpaired) electrons. The lowest BCUT2D eigenvalue weighted by atomic mass is 9.91. The standard InChI is InChI=1S/C15H21ClN2O4/c1-15(2,13(19)17-7-8-21-3)14(20)18-11-9-10(16)5-6-12(11)22-4/h5-6,9H,7-8H2,1-4H3,(H,17,19)(H,18,20). The van der Waals surface area contributed by atoms with Crippen molar-refractivity contribution in [3.63, 3.8) is 0 Å². The van der Waals surface area contributed by atoms with E-state index in [2.05, 4.69) is 10.6 Å². The Balaban J connectivity index is 2.82. The highest BCUT2D eigenvalue weighted by Gasteiger charge is 2.36. The summed E-state index contributed by atoms with van der Waals surface area (Å²) in [5.74, 6) is -0.376. The quantitative estimate of drug-likeness (QED) is 0.593. The second-order valence-corrected chi connectivity index (χ2v) is 5.61. The van der Waals surface area contributed by atoms with Crippen LogP contribution < -0.4 is 15.4 Å². The summed E-state index contributed by atoms with van der Waals surface area (Å²) in [5.41, 5.74) is -0.834. The number of carbonyl (C=O) groups excluding carboxylic acids is 2. The minimum Gasteiger partial charge on any atom is -0.495 e. The Morgan fingerprint density at radius 2 is 1.91 bits per heavy atom. The third kappa shape index (κ3) is 4.61. The molecular weight excluding hydrogens is 308 g/mol. The maximum absolute atomic E-state index is 12.4. The van der Waals surface area contributed by atoms with Gasteiger partial charge in [-0.2, -0.15) is 0 Å². The van der Waals surface area contributed by atoms with E-state index in [0.29, 0.717) is 29.6 Å². The summed E-state index contributed by atoms with van der Waals surface area (Å²) >= 11 is 5.92. The van der Waals surface area contributed by atoms with Gasteiger partial charge in [-0.25, -0.2) is 0 Å². The summed E-state index contributed by atoms with van der Waals surface area (Å²) in [6, 6.07) is 4.86. The van der Waals surface area contributed by atoms with Crippen molar-refractivity contribution in [2.45, 2.75) is 13.8 Å².